The molecule has 1 amide bonds. The molecule has 1 spiro atoms. The number of halogens is 1. The first-order valence-corrected chi connectivity index (χ1v) is 10.0. The molecule has 2 aliphatic rings. The maximum Gasteiger partial charge on any atom is 0.226 e. The molecular weight excluding hydrogens is 343 g/mol. The summed E-state index contributed by atoms with van der Waals surface area (Å²) >= 11 is 0. The summed E-state index contributed by atoms with van der Waals surface area (Å²) in [6.07, 6.45) is 7.28. The Morgan fingerprint density at radius 1 is 1.30 bits per heavy atom. The SMILES string of the molecule is C/C=C/CC(=O)N1CCC2(CCN(Cc3cccc(F)c3)CC2)[C@@H](CO)C1. The van der Waals surface area contributed by atoms with Crippen LogP contribution in [-0.4, -0.2) is 53.6 Å². The van der Waals surface area contributed by atoms with Crippen LogP contribution in [0.1, 0.15) is 38.2 Å². The minimum absolute atomic E-state index is 0.130. The van der Waals surface area contributed by atoms with Crippen molar-refractivity contribution in [2.75, 3.05) is 32.8 Å². The fourth-order valence-electron chi connectivity index (χ4n) is 4.65. The summed E-state index contributed by atoms with van der Waals surface area (Å²) in [5.41, 5.74) is 1.14. The minimum Gasteiger partial charge on any atom is -0.396 e. The molecule has 2 saturated heterocycles. The molecule has 2 heterocycles. The Balaban J connectivity index is 1.57. The summed E-state index contributed by atoms with van der Waals surface area (Å²) in [7, 11) is 0. The summed E-state index contributed by atoms with van der Waals surface area (Å²) in [5.74, 6) is 0.123. The smallest absolute Gasteiger partial charge is 0.226 e. The predicted octanol–water partition coefficient (Wildman–Crippen LogP) is 3.21. The highest BCUT2D eigenvalue weighted by molar-refractivity contribution is 5.77. The summed E-state index contributed by atoms with van der Waals surface area (Å²) in [5, 5.41) is 10.0. The number of allylic oxidation sites excluding steroid dienone is 1. The minimum atomic E-state index is -0.184. The van der Waals surface area contributed by atoms with Crippen molar-refractivity contribution in [3.05, 3.63) is 47.8 Å². The van der Waals surface area contributed by atoms with Crippen molar-refractivity contribution < 1.29 is 14.3 Å². The van der Waals surface area contributed by atoms with Crippen LogP contribution in [-0.2, 0) is 11.3 Å². The molecule has 1 N–H and O–H groups in total. The topological polar surface area (TPSA) is 43.8 Å². The number of nitrogens with zero attached hydrogens (tertiary/aromatic N) is 2. The fraction of sp³-hybridized carbons (Fsp3) is 0.591. The van der Waals surface area contributed by atoms with E-state index in [9.17, 15) is 14.3 Å². The van der Waals surface area contributed by atoms with E-state index in [2.05, 4.69) is 4.90 Å². The molecule has 1 atom stereocenters. The van der Waals surface area contributed by atoms with Gasteiger partial charge < -0.3 is 10.0 Å². The monoisotopic (exact) mass is 374 g/mol. The molecule has 5 heteroatoms. The van der Waals surface area contributed by atoms with E-state index < -0.39 is 0 Å². The molecule has 1 aromatic carbocycles. The number of piperidine rings is 2. The van der Waals surface area contributed by atoms with Crippen molar-refractivity contribution in [2.45, 2.75) is 39.2 Å². The average molecular weight is 375 g/mol. The third-order valence-corrected chi connectivity index (χ3v) is 6.43. The first-order valence-electron chi connectivity index (χ1n) is 10.0. The third-order valence-electron chi connectivity index (χ3n) is 6.43. The summed E-state index contributed by atoms with van der Waals surface area (Å²) in [6, 6.07) is 6.82. The number of amides is 1. The van der Waals surface area contributed by atoms with Crippen LogP contribution >= 0.6 is 0 Å². The van der Waals surface area contributed by atoms with Gasteiger partial charge in [-0.3, -0.25) is 9.69 Å². The maximum absolute atomic E-state index is 13.4. The summed E-state index contributed by atoms with van der Waals surface area (Å²) in [6.45, 7) is 6.20. The number of rotatable bonds is 5. The second-order valence-electron chi connectivity index (χ2n) is 8.01. The van der Waals surface area contributed by atoms with Gasteiger partial charge in [-0.25, -0.2) is 4.39 Å². The highest BCUT2D eigenvalue weighted by atomic mass is 19.1. The lowest BCUT2D eigenvalue weighted by atomic mass is 9.64. The molecule has 148 valence electrons. The van der Waals surface area contributed by atoms with Crippen molar-refractivity contribution in [3.63, 3.8) is 0 Å². The van der Waals surface area contributed by atoms with Gasteiger partial charge in [0, 0.05) is 38.6 Å². The average Bonchev–Trinajstić information content (AvgIpc) is 2.68. The van der Waals surface area contributed by atoms with Crippen molar-refractivity contribution in [2.24, 2.45) is 11.3 Å². The van der Waals surface area contributed by atoms with Crippen LogP contribution in [0.4, 0.5) is 4.39 Å². The van der Waals surface area contributed by atoms with Gasteiger partial charge in [0.05, 0.1) is 0 Å². The van der Waals surface area contributed by atoms with Crippen LogP contribution in [0.3, 0.4) is 0 Å². The van der Waals surface area contributed by atoms with Crippen molar-refractivity contribution in [1.82, 2.24) is 9.80 Å². The van der Waals surface area contributed by atoms with Gasteiger partial charge in [-0.1, -0.05) is 24.3 Å². The van der Waals surface area contributed by atoms with Gasteiger partial charge in [-0.05, 0) is 62.4 Å². The molecule has 0 aliphatic carbocycles. The second-order valence-corrected chi connectivity index (χ2v) is 8.01. The number of hydrogen-bond acceptors (Lipinski definition) is 3. The molecule has 27 heavy (non-hydrogen) atoms. The Hall–Kier alpha value is -1.72. The van der Waals surface area contributed by atoms with E-state index >= 15 is 0 Å². The van der Waals surface area contributed by atoms with Crippen molar-refractivity contribution >= 4 is 5.91 Å². The standard InChI is InChI=1S/C22H31FN2O2/c1-2-3-7-21(27)25-13-10-22(19(16-25)17-26)8-11-24(12-9-22)15-18-5-4-6-20(23)14-18/h2-6,14,19,26H,7-13,15-17H2,1H3/b3-2+/t19-/m1/s1. The molecule has 1 aromatic rings. The normalized spacial score (nSPS) is 23.2. The lowest BCUT2D eigenvalue weighted by Crippen LogP contribution is -2.54. The van der Waals surface area contributed by atoms with E-state index in [1.54, 1.807) is 12.1 Å². The number of carbonyl (C=O) groups excluding carboxylic acids is 1. The van der Waals surface area contributed by atoms with E-state index in [0.717, 1.165) is 51.0 Å². The summed E-state index contributed by atoms with van der Waals surface area (Å²) < 4.78 is 13.4. The molecule has 0 aromatic heterocycles. The Bertz CT molecular complexity index is 668. The molecule has 0 unspecified atom stereocenters. The van der Waals surface area contributed by atoms with Gasteiger partial charge in [0.15, 0.2) is 0 Å². The Kier molecular flexibility index (Phi) is 6.66. The maximum atomic E-state index is 13.4. The van der Waals surface area contributed by atoms with Crippen molar-refractivity contribution in [1.29, 1.82) is 0 Å². The van der Waals surface area contributed by atoms with Crippen LogP contribution in [0.2, 0.25) is 0 Å². The molecule has 2 aliphatic heterocycles. The zero-order chi connectivity index (χ0) is 19.3. The van der Waals surface area contributed by atoms with Crippen LogP contribution in [0.25, 0.3) is 0 Å². The van der Waals surface area contributed by atoms with Crippen LogP contribution in [0.15, 0.2) is 36.4 Å². The molecule has 4 nitrogen and oxygen atoms in total. The van der Waals surface area contributed by atoms with E-state index in [0.29, 0.717) is 13.0 Å². The van der Waals surface area contributed by atoms with Crippen LogP contribution < -0.4 is 0 Å². The first-order chi connectivity index (χ1) is 13.1. The van der Waals surface area contributed by atoms with Gasteiger partial charge in [-0.15, -0.1) is 0 Å². The second kappa shape index (κ2) is 8.98. The zero-order valence-electron chi connectivity index (χ0n) is 16.2. The lowest BCUT2D eigenvalue weighted by molar-refractivity contribution is -0.137. The van der Waals surface area contributed by atoms with Crippen LogP contribution in [0.5, 0.6) is 0 Å². The predicted molar refractivity (Wildman–Crippen MR) is 105 cm³/mol. The molecule has 0 saturated carbocycles. The molecular formula is C22H31FN2O2. The van der Waals surface area contributed by atoms with Gasteiger partial charge in [-0.2, -0.15) is 0 Å². The highest BCUT2D eigenvalue weighted by Crippen LogP contribution is 2.45. The van der Waals surface area contributed by atoms with E-state index in [1.165, 1.54) is 6.07 Å². The van der Waals surface area contributed by atoms with E-state index in [-0.39, 0.29) is 29.7 Å². The highest BCUT2D eigenvalue weighted by Gasteiger charge is 2.45. The van der Waals surface area contributed by atoms with Gasteiger partial charge in [0.1, 0.15) is 5.82 Å². The number of carbonyl (C=O) groups is 1. The van der Waals surface area contributed by atoms with Crippen molar-refractivity contribution in [3.8, 4) is 0 Å². The largest absolute Gasteiger partial charge is 0.396 e. The molecule has 0 bridgehead atoms. The lowest BCUT2D eigenvalue weighted by Gasteiger charge is -2.51. The number of aliphatic hydroxyl groups is 1. The molecule has 2 fully saturated rings. The fourth-order valence-corrected chi connectivity index (χ4v) is 4.65. The Morgan fingerprint density at radius 3 is 2.70 bits per heavy atom. The number of benzene rings is 1. The Morgan fingerprint density at radius 2 is 2.04 bits per heavy atom. The van der Waals surface area contributed by atoms with E-state index in [4.69, 9.17) is 0 Å². The number of aliphatic hydroxyl groups excluding tert-OH is 1. The first kappa shape index (κ1) is 20.0. The van der Waals surface area contributed by atoms with Gasteiger partial charge in [0.2, 0.25) is 5.91 Å². The van der Waals surface area contributed by atoms with Crippen LogP contribution in [0, 0.1) is 17.2 Å². The van der Waals surface area contributed by atoms with Gasteiger partial charge >= 0.3 is 0 Å². The Labute approximate surface area is 161 Å². The third kappa shape index (κ3) is 4.77. The molecule has 0 radical (unpaired) electrons. The van der Waals surface area contributed by atoms with E-state index in [1.807, 2.05) is 30.0 Å². The number of likely N-dealkylation sites (tertiary alicyclic amines) is 2. The number of hydrogen-bond donors (Lipinski definition) is 1. The molecule has 3 rings (SSSR count). The zero-order valence-corrected chi connectivity index (χ0v) is 16.2. The summed E-state index contributed by atoms with van der Waals surface area (Å²) in [4.78, 5) is 16.6. The quantitative estimate of drug-likeness (QED) is 0.805. The van der Waals surface area contributed by atoms with Gasteiger partial charge in [0.25, 0.3) is 0 Å².